The normalized spacial score (nSPS) is 29.2. The summed E-state index contributed by atoms with van der Waals surface area (Å²) in [6, 6.07) is 6.69. The number of hydrogen-bond acceptors (Lipinski definition) is 2. The first-order valence-electron chi connectivity index (χ1n) is 7.24. The highest BCUT2D eigenvalue weighted by molar-refractivity contribution is 9.10. The summed E-state index contributed by atoms with van der Waals surface area (Å²) in [6.45, 7) is 6.86. The highest BCUT2D eigenvalue weighted by Gasteiger charge is 2.31. The van der Waals surface area contributed by atoms with Crippen LogP contribution in [0.15, 0.2) is 22.7 Å². The molecule has 1 aromatic rings. The van der Waals surface area contributed by atoms with Gasteiger partial charge in [-0.1, -0.05) is 48.0 Å². The van der Waals surface area contributed by atoms with Crippen LogP contribution in [0, 0.1) is 24.7 Å². The third kappa shape index (κ3) is 3.39. The summed E-state index contributed by atoms with van der Waals surface area (Å²) in [5.41, 5.74) is 5.64. The van der Waals surface area contributed by atoms with Crippen LogP contribution in [0.3, 0.4) is 0 Å². The maximum absolute atomic E-state index is 5.87. The van der Waals surface area contributed by atoms with Gasteiger partial charge in [0.15, 0.2) is 0 Å². The van der Waals surface area contributed by atoms with E-state index in [2.05, 4.69) is 60.3 Å². The fourth-order valence-electron chi connectivity index (χ4n) is 3.67. The molecule has 3 heteroatoms. The number of rotatable bonds is 3. The molecule has 1 aliphatic carbocycles. The van der Waals surface area contributed by atoms with E-state index in [1.807, 2.05) is 0 Å². The molecule has 1 saturated carbocycles. The predicted molar refractivity (Wildman–Crippen MR) is 84.6 cm³/mol. The Morgan fingerprint density at radius 1 is 1.21 bits per heavy atom. The Balaban J connectivity index is 2.26. The van der Waals surface area contributed by atoms with Gasteiger partial charge in [0.25, 0.3) is 0 Å². The Morgan fingerprint density at radius 3 is 2.42 bits per heavy atom. The summed E-state index contributed by atoms with van der Waals surface area (Å²) >= 11 is 3.72. The van der Waals surface area contributed by atoms with Crippen molar-refractivity contribution < 1.29 is 0 Å². The SMILES string of the molecule is Cc1cccc(C(NN)C2CC(C)CC(C)C2)c1Br. The van der Waals surface area contributed by atoms with Crippen LogP contribution >= 0.6 is 15.9 Å². The van der Waals surface area contributed by atoms with E-state index in [1.165, 1.54) is 34.9 Å². The van der Waals surface area contributed by atoms with Crippen LogP contribution in [0.4, 0.5) is 0 Å². The van der Waals surface area contributed by atoms with Gasteiger partial charge in [-0.25, -0.2) is 0 Å². The fraction of sp³-hybridized carbons (Fsp3) is 0.625. The lowest BCUT2D eigenvalue weighted by molar-refractivity contribution is 0.176. The van der Waals surface area contributed by atoms with Gasteiger partial charge in [-0.2, -0.15) is 0 Å². The lowest BCUT2D eigenvalue weighted by atomic mass is 9.72. The van der Waals surface area contributed by atoms with Crippen molar-refractivity contribution in [2.45, 2.75) is 46.1 Å². The second-order valence-electron chi connectivity index (χ2n) is 6.30. The second-order valence-corrected chi connectivity index (χ2v) is 7.09. The highest BCUT2D eigenvalue weighted by Crippen LogP contribution is 2.41. The van der Waals surface area contributed by atoms with Crippen molar-refractivity contribution in [3.63, 3.8) is 0 Å². The van der Waals surface area contributed by atoms with E-state index in [-0.39, 0.29) is 6.04 Å². The number of hydrogen-bond donors (Lipinski definition) is 2. The summed E-state index contributed by atoms with van der Waals surface area (Å²) in [4.78, 5) is 0. The quantitative estimate of drug-likeness (QED) is 0.641. The summed E-state index contributed by atoms with van der Waals surface area (Å²) in [5.74, 6) is 8.10. The predicted octanol–water partition coefficient (Wildman–Crippen LogP) is 4.33. The number of benzene rings is 1. The Kier molecular flexibility index (Phi) is 5.04. The minimum absolute atomic E-state index is 0.250. The molecular weight excluding hydrogens is 300 g/mol. The van der Waals surface area contributed by atoms with E-state index < -0.39 is 0 Å². The molecule has 0 aliphatic heterocycles. The molecule has 0 aromatic heterocycles. The van der Waals surface area contributed by atoms with Crippen LogP contribution in [-0.4, -0.2) is 0 Å². The Labute approximate surface area is 125 Å². The maximum atomic E-state index is 5.87. The molecule has 19 heavy (non-hydrogen) atoms. The van der Waals surface area contributed by atoms with Crippen molar-refractivity contribution in [3.05, 3.63) is 33.8 Å². The molecule has 3 N–H and O–H groups in total. The zero-order valence-corrected chi connectivity index (χ0v) is 13.7. The van der Waals surface area contributed by atoms with E-state index in [0.29, 0.717) is 5.92 Å². The number of hydrazine groups is 1. The first-order chi connectivity index (χ1) is 9.02. The number of aryl methyl sites for hydroxylation is 1. The zero-order chi connectivity index (χ0) is 14.0. The minimum Gasteiger partial charge on any atom is -0.271 e. The monoisotopic (exact) mass is 324 g/mol. The first kappa shape index (κ1) is 15.0. The Hall–Kier alpha value is -0.380. The van der Waals surface area contributed by atoms with Crippen molar-refractivity contribution >= 4 is 15.9 Å². The molecule has 106 valence electrons. The molecule has 0 bridgehead atoms. The van der Waals surface area contributed by atoms with E-state index in [4.69, 9.17) is 5.84 Å². The minimum atomic E-state index is 0.250. The average Bonchev–Trinajstić information content (AvgIpc) is 2.34. The zero-order valence-electron chi connectivity index (χ0n) is 12.1. The van der Waals surface area contributed by atoms with Crippen LogP contribution in [0.25, 0.3) is 0 Å². The molecule has 0 amide bonds. The standard InChI is InChI=1S/C16H25BrN2/c1-10-7-11(2)9-13(8-10)16(19-18)14-6-4-5-12(3)15(14)17/h4-6,10-11,13,16,19H,7-9,18H2,1-3H3. The van der Waals surface area contributed by atoms with Crippen molar-refractivity contribution in [1.82, 2.24) is 5.43 Å². The van der Waals surface area contributed by atoms with E-state index in [1.54, 1.807) is 0 Å². The second kappa shape index (κ2) is 6.38. The van der Waals surface area contributed by atoms with E-state index in [0.717, 1.165) is 11.8 Å². The van der Waals surface area contributed by atoms with Crippen LogP contribution in [0.2, 0.25) is 0 Å². The molecule has 3 atom stereocenters. The fourth-order valence-corrected chi connectivity index (χ4v) is 4.18. The molecule has 0 radical (unpaired) electrons. The molecule has 1 aliphatic rings. The summed E-state index contributed by atoms with van der Waals surface area (Å²) < 4.78 is 1.20. The molecule has 2 rings (SSSR count). The van der Waals surface area contributed by atoms with Crippen molar-refractivity contribution in [1.29, 1.82) is 0 Å². The van der Waals surface area contributed by atoms with Crippen LogP contribution < -0.4 is 11.3 Å². The summed E-state index contributed by atoms with van der Waals surface area (Å²) in [7, 11) is 0. The van der Waals surface area contributed by atoms with Crippen LogP contribution in [0.1, 0.15) is 50.3 Å². The van der Waals surface area contributed by atoms with Gasteiger partial charge in [-0.05, 0) is 55.1 Å². The van der Waals surface area contributed by atoms with Gasteiger partial charge < -0.3 is 0 Å². The van der Waals surface area contributed by atoms with E-state index in [9.17, 15) is 0 Å². The lowest BCUT2D eigenvalue weighted by Crippen LogP contribution is -2.37. The molecule has 3 unspecified atom stereocenters. The van der Waals surface area contributed by atoms with Crippen LogP contribution in [-0.2, 0) is 0 Å². The Bertz CT molecular complexity index is 423. The van der Waals surface area contributed by atoms with Gasteiger partial charge in [0.2, 0.25) is 0 Å². The number of halogens is 1. The lowest BCUT2D eigenvalue weighted by Gasteiger charge is -2.37. The van der Waals surface area contributed by atoms with Crippen molar-refractivity contribution in [2.75, 3.05) is 0 Å². The number of nitrogens with one attached hydrogen (secondary N) is 1. The largest absolute Gasteiger partial charge is 0.271 e. The molecular formula is C16H25BrN2. The van der Waals surface area contributed by atoms with Crippen molar-refractivity contribution in [3.8, 4) is 0 Å². The molecule has 1 fully saturated rings. The molecule has 0 heterocycles. The van der Waals surface area contributed by atoms with Gasteiger partial charge in [0.05, 0.1) is 0 Å². The third-order valence-electron chi connectivity index (χ3n) is 4.42. The smallest absolute Gasteiger partial charge is 0.0499 e. The van der Waals surface area contributed by atoms with E-state index >= 15 is 0 Å². The molecule has 1 aromatic carbocycles. The van der Waals surface area contributed by atoms with Gasteiger partial charge in [0, 0.05) is 10.5 Å². The number of nitrogens with two attached hydrogens (primary N) is 1. The van der Waals surface area contributed by atoms with Gasteiger partial charge in [-0.3, -0.25) is 11.3 Å². The highest BCUT2D eigenvalue weighted by atomic mass is 79.9. The first-order valence-corrected chi connectivity index (χ1v) is 8.03. The van der Waals surface area contributed by atoms with Gasteiger partial charge in [-0.15, -0.1) is 0 Å². The molecule has 0 spiro atoms. The molecule has 2 nitrogen and oxygen atoms in total. The third-order valence-corrected chi connectivity index (χ3v) is 5.51. The maximum Gasteiger partial charge on any atom is 0.0499 e. The Morgan fingerprint density at radius 2 is 1.84 bits per heavy atom. The summed E-state index contributed by atoms with van der Waals surface area (Å²) in [5, 5.41) is 0. The average molecular weight is 325 g/mol. The van der Waals surface area contributed by atoms with Gasteiger partial charge >= 0.3 is 0 Å². The molecule has 0 saturated heterocycles. The van der Waals surface area contributed by atoms with Crippen molar-refractivity contribution in [2.24, 2.45) is 23.6 Å². The van der Waals surface area contributed by atoms with Crippen LogP contribution in [0.5, 0.6) is 0 Å². The topological polar surface area (TPSA) is 38.0 Å². The summed E-state index contributed by atoms with van der Waals surface area (Å²) in [6.07, 6.45) is 3.88. The van der Waals surface area contributed by atoms with Gasteiger partial charge in [0.1, 0.15) is 0 Å².